The van der Waals surface area contributed by atoms with Crippen molar-refractivity contribution in [1.82, 2.24) is 20.4 Å². The Morgan fingerprint density at radius 2 is 1.94 bits per heavy atom. The SMILES string of the molecule is CCOc1ccc(-c2noc(C3CCN(C(=O)NCC(C)c4ccccc4)CC3)n2)cc1OC. The molecule has 0 aliphatic carbocycles. The summed E-state index contributed by atoms with van der Waals surface area (Å²) < 4.78 is 16.6. The zero-order chi connectivity index (χ0) is 23.9. The summed E-state index contributed by atoms with van der Waals surface area (Å²) in [5, 5.41) is 7.24. The highest BCUT2D eigenvalue weighted by Gasteiger charge is 2.28. The predicted molar refractivity (Wildman–Crippen MR) is 129 cm³/mol. The molecule has 1 aromatic heterocycles. The van der Waals surface area contributed by atoms with E-state index in [-0.39, 0.29) is 17.9 Å². The summed E-state index contributed by atoms with van der Waals surface area (Å²) in [6.07, 6.45) is 1.58. The fourth-order valence-electron chi connectivity index (χ4n) is 4.18. The maximum absolute atomic E-state index is 12.6. The first-order valence-electron chi connectivity index (χ1n) is 11.8. The topological polar surface area (TPSA) is 89.7 Å². The predicted octanol–water partition coefficient (Wildman–Crippen LogP) is 4.84. The van der Waals surface area contributed by atoms with Gasteiger partial charge in [-0.05, 0) is 49.4 Å². The zero-order valence-corrected chi connectivity index (χ0v) is 20.0. The molecular formula is C26H32N4O4. The van der Waals surface area contributed by atoms with Crippen molar-refractivity contribution in [1.29, 1.82) is 0 Å². The Hall–Kier alpha value is -3.55. The molecule has 2 amide bonds. The summed E-state index contributed by atoms with van der Waals surface area (Å²) in [4.78, 5) is 19.1. The van der Waals surface area contributed by atoms with Gasteiger partial charge < -0.3 is 24.2 Å². The number of methoxy groups -OCH3 is 1. The standard InChI is InChI=1S/C26H32N4O4/c1-4-33-22-11-10-21(16-23(22)32-3)24-28-25(34-29-24)20-12-14-30(15-13-20)26(31)27-17-18(2)19-8-6-5-7-9-19/h5-11,16,18,20H,4,12-15,17H2,1-3H3,(H,27,31). The Balaban J connectivity index is 1.30. The number of piperidine rings is 1. The second-order valence-corrected chi connectivity index (χ2v) is 8.51. The molecule has 180 valence electrons. The number of hydrogen-bond acceptors (Lipinski definition) is 6. The molecule has 3 aromatic rings. The number of carbonyl (C=O) groups is 1. The van der Waals surface area contributed by atoms with Gasteiger partial charge in [0.25, 0.3) is 0 Å². The Labute approximate surface area is 200 Å². The first kappa shape index (κ1) is 23.6. The third-order valence-electron chi connectivity index (χ3n) is 6.22. The molecule has 34 heavy (non-hydrogen) atoms. The van der Waals surface area contributed by atoms with Crippen LogP contribution in [0.1, 0.15) is 50.0 Å². The number of likely N-dealkylation sites (tertiary alicyclic amines) is 1. The summed E-state index contributed by atoms with van der Waals surface area (Å²) in [7, 11) is 1.61. The van der Waals surface area contributed by atoms with Crippen LogP contribution in [0.15, 0.2) is 53.1 Å². The van der Waals surface area contributed by atoms with E-state index in [0.717, 1.165) is 18.4 Å². The van der Waals surface area contributed by atoms with Crippen LogP contribution in [0.4, 0.5) is 4.79 Å². The molecule has 1 aliphatic heterocycles. The van der Waals surface area contributed by atoms with Crippen LogP contribution in [0.5, 0.6) is 11.5 Å². The molecule has 1 aliphatic rings. The fraction of sp³-hybridized carbons (Fsp3) is 0.423. The molecular weight excluding hydrogens is 432 g/mol. The number of benzene rings is 2. The van der Waals surface area contributed by atoms with E-state index < -0.39 is 0 Å². The van der Waals surface area contributed by atoms with E-state index in [9.17, 15) is 4.79 Å². The van der Waals surface area contributed by atoms with Gasteiger partial charge in [-0.25, -0.2) is 4.79 Å². The normalized spacial score (nSPS) is 15.1. The summed E-state index contributed by atoms with van der Waals surface area (Å²) in [6, 6.07) is 15.8. The molecule has 0 saturated carbocycles. The average Bonchev–Trinajstić information content (AvgIpc) is 3.38. The van der Waals surface area contributed by atoms with Crippen molar-refractivity contribution in [2.24, 2.45) is 0 Å². The summed E-state index contributed by atoms with van der Waals surface area (Å²) in [5.74, 6) is 2.85. The number of rotatable bonds is 8. The summed E-state index contributed by atoms with van der Waals surface area (Å²) in [5.41, 5.74) is 2.03. The second-order valence-electron chi connectivity index (χ2n) is 8.51. The van der Waals surface area contributed by atoms with Gasteiger partial charge in [0.15, 0.2) is 11.5 Å². The molecule has 0 radical (unpaired) electrons. The van der Waals surface area contributed by atoms with Crippen LogP contribution in [0.25, 0.3) is 11.4 Å². The van der Waals surface area contributed by atoms with E-state index in [2.05, 4.69) is 34.5 Å². The number of aromatic nitrogens is 2. The quantitative estimate of drug-likeness (QED) is 0.513. The van der Waals surface area contributed by atoms with Gasteiger partial charge in [0.05, 0.1) is 13.7 Å². The third-order valence-corrected chi connectivity index (χ3v) is 6.22. The number of amides is 2. The molecule has 4 rings (SSSR count). The largest absolute Gasteiger partial charge is 0.493 e. The summed E-state index contributed by atoms with van der Waals surface area (Å²) >= 11 is 0. The van der Waals surface area contributed by atoms with Crippen LogP contribution in [-0.2, 0) is 0 Å². The Morgan fingerprint density at radius 3 is 2.65 bits per heavy atom. The minimum Gasteiger partial charge on any atom is -0.493 e. The van der Waals surface area contributed by atoms with Crippen molar-refractivity contribution in [3.63, 3.8) is 0 Å². The molecule has 0 spiro atoms. The molecule has 1 fully saturated rings. The lowest BCUT2D eigenvalue weighted by atomic mass is 9.97. The highest BCUT2D eigenvalue weighted by molar-refractivity contribution is 5.74. The maximum atomic E-state index is 12.6. The van der Waals surface area contributed by atoms with E-state index in [0.29, 0.717) is 49.5 Å². The van der Waals surface area contributed by atoms with Crippen molar-refractivity contribution in [3.8, 4) is 22.9 Å². The van der Waals surface area contributed by atoms with Crippen LogP contribution >= 0.6 is 0 Å². The minimum atomic E-state index is -0.0195. The number of carbonyl (C=O) groups excluding carboxylic acids is 1. The van der Waals surface area contributed by atoms with Gasteiger partial charge in [0.1, 0.15) is 0 Å². The average molecular weight is 465 g/mol. The molecule has 1 atom stereocenters. The highest BCUT2D eigenvalue weighted by Crippen LogP contribution is 2.33. The smallest absolute Gasteiger partial charge is 0.317 e. The van der Waals surface area contributed by atoms with Gasteiger partial charge in [0, 0.05) is 31.1 Å². The van der Waals surface area contributed by atoms with E-state index in [1.807, 2.05) is 48.2 Å². The van der Waals surface area contributed by atoms with Gasteiger partial charge in [-0.3, -0.25) is 0 Å². The Bertz CT molecular complexity index is 1080. The molecule has 8 heteroatoms. The van der Waals surface area contributed by atoms with E-state index >= 15 is 0 Å². The van der Waals surface area contributed by atoms with Gasteiger partial charge in [-0.2, -0.15) is 4.98 Å². The van der Waals surface area contributed by atoms with Crippen LogP contribution < -0.4 is 14.8 Å². The second kappa shape index (κ2) is 11.0. The lowest BCUT2D eigenvalue weighted by molar-refractivity contribution is 0.175. The highest BCUT2D eigenvalue weighted by atomic mass is 16.5. The van der Waals surface area contributed by atoms with E-state index in [4.69, 9.17) is 14.0 Å². The Morgan fingerprint density at radius 1 is 1.18 bits per heavy atom. The van der Waals surface area contributed by atoms with Crippen molar-refractivity contribution in [2.45, 2.75) is 38.5 Å². The molecule has 1 unspecified atom stereocenters. The van der Waals surface area contributed by atoms with E-state index in [1.54, 1.807) is 7.11 Å². The van der Waals surface area contributed by atoms with Gasteiger partial charge in [-0.1, -0.05) is 42.4 Å². The van der Waals surface area contributed by atoms with Crippen LogP contribution in [0, 0.1) is 0 Å². The molecule has 8 nitrogen and oxygen atoms in total. The molecule has 1 N–H and O–H groups in total. The van der Waals surface area contributed by atoms with Gasteiger partial charge >= 0.3 is 6.03 Å². The zero-order valence-electron chi connectivity index (χ0n) is 20.0. The monoisotopic (exact) mass is 464 g/mol. The van der Waals surface area contributed by atoms with Crippen molar-refractivity contribution < 1.29 is 18.8 Å². The number of urea groups is 1. The van der Waals surface area contributed by atoms with Crippen LogP contribution in [-0.4, -0.2) is 54.4 Å². The molecule has 1 saturated heterocycles. The fourth-order valence-corrected chi connectivity index (χ4v) is 4.18. The lowest BCUT2D eigenvalue weighted by Crippen LogP contribution is -2.45. The molecule has 2 aromatic carbocycles. The first-order valence-corrected chi connectivity index (χ1v) is 11.8. The van der Waals surface area contributed by atoms with Crippen molar-refractivity contribution in [3.05, 3.63) is 60.0 Å². The molecule has 0 bridgehead atoms. The van der Waals surface area contributed by atoms with Crippen LogP contribution in [0.3, 0.4) is 0 Å². The third kappa shape index (κ3) is 5.50. The first-order chi connectivity index (χ1) is 16.6. The van der Waals surface area contributed by atoms with Crippen molar-refractivity contribution >= 4 is 6.03 Å². The number of ether oxygens (including phenoxy) is 2. The van der Waals surface area contributed by atoms with Gasteiger partial charge in [0.2, 0.25) is 11.7 Å². The number of nitrogens with zero attached hydrogens (tertiary/aromatic N) is 3. The van der Waals surface area contributed by atoms with Gasteiger partial charge in [-0.15, -0.1) is 0 Å². The van der Waals surface area contributed by atoms with Crippen molar-refractivity contribution in [2.75, 3.05) is 33.4 Å². The summed E-state index contributed by atoms with van der Waals surface area (Å²) in [6.45, 7) is 6.54. The van der Waals surface area contributed by atoms with Crippen LogP contribution in [0.2, 0.25) is 0 Å². The number of hydrogen-bond donors (Lipinski definition) is 1. The lowest BCUT2D eigenvalue weighted by Gasteiger charge is -2.30. The number of nitrogens with one attached hydrogen (secondary N) is 1. The Kier molecular flexibility index (Phi) is 7.67. The minimum absolute atomic E-state index is 0.0195. The molecule has 2 heterocycles. The van der Waals surface area contributed by atoms with E-state index in [1.165, 1.54) is 5.56 Å². The maximum Gasteiger partial charge on any atom is 0.317 e.